The number of hydrogen-bond donors (Lipinski definition) is 0. The Morgan fingerprint density at radius 1 is 0.608 bits per heavy atom. The number of pyridine rings is 2. The minimum absolute atomic E-state index is 0. The van der Waals surface area contributed by atoms with Crippen LogP contribution < -0.4 is 4.74 Å². The molecule has 0 aliphatic heterocycles. The summed E-state index contributed by atoms with van der Waals surface area (Å²) in [6.07, 6.45) is 1.81. The molecule has 10 aromatic rings. The van der Waals surface area contributed by atoms with Crippen molar-refractivity contribution in [1.29, 1.82) is 0 Å². The fourth-order valence-corrected chi connectivity index (χ4v) is 7.88. The number of fused-ring (bicyclic) bond motifs is 11. The monoisotopic (exact) mass is 837 g/mol. The van der Waals surface area contributed by atoms with Crippen molar-refractivity contribution >= 4 is 60.2 Å². The SMILES string of the molecule is Cc1cc(C)c(-c2ccc3c4ccc(Oc5[c-]c6c(cc5)c5ccccc5n6-c5ccccn5)[c-]c4c4nc5ccccc5n4c3c2)c(C)c1.[Pt+2]. The number of hydrogen-bond acceptors (Lipinski definition) is 3. The maximum atomic E-state index is 6.55. The van der Waals surface area contributed by atoms with Crippen molar-refractivity contribution < 1.29 is 25.8 Å². The molecule has 246 valence electrons. The minimum Gasteiger partial charge on any atom is -0.503 e. The van der Waals surface area contributed by atoms with Crippen LogP contribution in [0.15, 0.2) is 128 Å². The first-order chi connectivity index (χ1) is 24.5. The molecule has 10 rings (SSSR count). The smallest absolute Gasteiger partial charge is 0.503 e. The topological polar surface area (TPSA) is 44.3 Å². The summed E-state index contributed by atoms with van der Waals surface area (Å²) in [5, 5.41) is 5.36. The van der Waals surface area contributed by atoms with E-state index in [9.17, 15) is 0 Å². The predicted octanol–water partition coefficient (Wildman–Crippen LogP) is 11.3. The largest absolute Gasteiger partial charge is 2.00 e. The van der Waals surface area contributed by atoms with E-state index in [-0.39, 0.29) is 21.1 Å². The second-order valence-electron chi connectivity index (χ2n) is 13.1. The molecule has 0 aliphatic carbocycles. The van der Waals surface area contributed by atoms with Gasteiger partial charge in [-0.05, 0) is 90.2 Å². The standard InChI is InChI=1S/C45H30N4O.Pt/c1-27-22-28(2)44(29(3)23-27)30-15-18-35-33-19-16-31(25-37(33)45-47-38-11-5-7-13-40(38)49(45)41(35)24-30)50-32-17-20-36-34-10-4-6-12-39(34)48(42(36)26-32)43-14-8-9-21-46-43;/h4-24H,1-3H3;/q-2;+2. The Kier molecular flexibility index (Phi) is 7.31. The van der Waals surface area contributed by atoms with E-state index in [1.165, 1.54) is 27.8 Å². The molecule has 0 aliphatic rings. The zero-order valence-electron chi connectivity index (χ0n) is 28.1. The first kappa shape index (κ1) is 31.2. The minimum atomic E-state index is 0. The molecule has 0 amide bonds. The third-order valence-electron chi connectivity index (χ3n) is 9.85. The Morgan fingerprint density at radius 3 is 2.10 bits per heavy atom. The molecule has 0 saturated heterocycles. The average Bonchev–Trinajstić information content (AvgIpc) is 3.68. The number of aryl methyl sites for hydroxylation is 3. The van der Waals surface area contributed by atoms with Gasteiger partial charge in [0, 0.05) is 28.7 Å². The Hall–Kier alpha value is -5.77. The van der Waals surface area contributed by atoms with E-state index in [1.807, 2.05) is 42.6 Å². The van der Waals surface area contributed by atoms with Crippen molar-refractivity contribution in [3.63, 3.8) is 0 Å². The number of nitrogens with zero attached hydrogens (tertiary/aromatic N) is 4. The summed E-state index contributed by atoms with van der Waals surface area (Å²) in [7, 11) is 0. The number of rotatable bonds is 4. The van der Waals surface area contributed by atoms with Gasteiger partial charge in [-0.15, -0.1) is 29.7 Å². The Bertz CT molecular complexity index is 2970. The zero-order valence-corrected chi connectivity index (χ0v) is 30.4. The number of aromatic nitrogens is 4. The van der Waals surface area contributed by atoms with Crippen LogP contribution in [0, 0.1) is 32.9 Å². The molecule has 5 nitrogen and oxygen atoms in total. The van der Waals surface area contributed by atoms with Crippen LogP contribution in [0.5, 0.6) is 11.5 Å². The Morgan fingerprint density at radius 2 is 1.29 bits per heavy atom. The van der Waals surface area contributed by atoms with Crippen molar-refractivity contribution in [2.24, 2.45) is 0 Å². The van der Waals surface area contributed by atoms with Gasteiger partial charge in [0.15, 0.2) is 0 Å². The maximum absolute atomic E-state index is 6.55. The van der Waals surface area contributed by atoms with Gasteiger partial charge in [-0.1, -0.05) is 88.6 Å². The van der Waals surface area contributed by atoms with Crippen molar-refractivity contribution in [3.05, 3.63) is 156 Å². The molecule has 6 heteroatoms. The van der Waals surface area contributed by atoms with Crippen molar-refractivity contribution in [2.75, 3.05) is 0 Å². The van der Waals surface area contributed by atoms with Crippen LogP contribution in [0.2, 0.25) is 0 Å². The first-order valence-electron chi connectivity index (χ1n) is 16.8. The second kappa shape index (κ2) is 11.9. The summed E-state index contributed by atoms with van der Waals surface area (Å²) in [6, 6.07) is 49.4. The first-order valence-corrected chi connectivity index (χ1v) is 16.8. The van der Waals surface area contributed by atoms with Crippen molar-refractivity contribution in [1.82, 2.24) is 18.9 Å². The van der Waals surface area contributed by atoms with E-state index in [4.69, 9.17) is 9.72 Å². The average molecular weight is 838 g/mol. The number of benzene rings is 6. The van der Waals surface area contributed by atoms with Gasteiger partial charge in [-0.25, -0.2) is 4.98 Å². The van der Waals surface area contributed by atoms with Crippen molar-refractivity contribution in [2.45, 2.75) is 20.8 Å². The molecule has 0 N–H and O–H groups in total. The van der Waals surface area contributed by atoms with Gasteiger partial charge in [0.1, 0.15) is 5.82 Å². The van der Waals surface area contributed by atoms with E-state index in [0.717, 1.165) is 66.0 Å². The molecular weight excluding hydrogens is 808 g/mol. The van der Waals surface area contributed by atoms with Gasteiger partial charge in [0.2, 0.25) is 0 Å². The van der Waals surface area contributed by atoms with Crippen molar-refractivity contribution in [3.8, 4) is 28.4 Å². The number of para-hydroxylation sites is 3. The molecule has 51 heavy (non-hydrogen) atoms. The predicted molar refractivity (Wildman–Crippen MR) is 204 cm³/mol. The fraction of sp³-hybridized carbons (Fsp3) is 0.0667. The van der Waals surface area contributed by atoms with Crippen LogP contribution in [-0.2, 0) is 21.1 Å². The van der Waals surface area contributed by atoms with Gasteiger partial charge >= 0.3 is 21.1 Å². The quantitative estimate of drug-likeness (QED) is 0.131. The third-order valence-corrected chi connectivity index (χ3v) is 9.85. The molecule has 0 saturated carbocycles. The van der Waals surface area contributed by atoms with Gasteiger partial charge in [-0.2, -0.15) is 6.07 Å². The molecule has 0 atom stereocenters. The molecule has 4 aromatic heterocycles. The summed E-state index contributed by atoms with van der Waals surface area (Å²) in [5.74, 6) is 2.04. The van der Waals surface area contributed by atoms with Gasteiger partial charge in [-0.3, -0.25) is 4.98 Å². The molecule has 6 aromatic carbocycles. The normalized spacial score (nSPS) is 11.7. The van der Waals surface area contributed by atoms with E-state index in [2.05, 4.69) is 132 Å². The number of imidazole rings is 1. The van der Waals surface area contributed by atoms with Crippen LogP contribution in [0.3, 0.4) is 0 Å². The Labute approximate surface area is 309 Å². The summed E-state index contributed by atoms with van der Waals surface area (Å²) in [5.41, 5.74) is 12.3. The summed E-state index contributed by atoms with van der Waals surface area (Å²) < 4.78 is 11.0. The van der Waals surface area contributed by atoms with E-state index >= 15 is 0 Å². The maximum Gasteiger partial charge on any atom is 2.00 e. The zero-order chi connectivity index (χ0) is 33.5. The van der Waals surface area contributed by atoms with E-state index < -0.39 is 0 Å². The molecular formula is C45H30N4OPt. The Balaban J connectivity index is 0.00000348. The summed E-state index contributed by atoms with van der Waals surface area (Å²) >= 11 is 0. The van der Waals surface area contributed by atoms with E-state index in [0.29, 0.717) is 11.5 Å². The van der Waals surface area contributed by atoms with Crippen LogP contribution in [0.4, 0.5) is 0 Å². The van der Waals surface area contributed by atoms with Gasteiger partial charge in [0.05, 0.1) is 16.7 Å². The fourth-order valence-electron chi connectivity index (χ4n) is 7.88. The van der Waals surface area contributed by atoms with Gasteiger partial charge < -0.3 is 13.7 Å². The van der Waals surface area contributed by atoms with Crippen LogP contribution in [0.25, 0.3) is 77.1 Å². The van der Waals surface area contributed by atoms with Gasteiger partial charge in [0.25, 0.3) is 0 Å². The van der Waals surface area contributed by atoms with E-state index in [1.54, 1.807) is 0 Å². The summed E-state index contributed by atoms with van der Waals surface area (Å²) in [6.45, 7) is 6.56. The van der Waals surface area contributed by atoms with Crippen LogP contribution in [0.1, 0.15) is 16.7 Å². The second-order valence-corrected chi connectivity index (χ2v) is 13.1. The third kappa shape index (κ3) is 4.87. The molecule has 0 fully saturated rings. The molecule has 0 spiro atoms. The molecule has 0 radical (unpaired) electrons. The molecule has 0 unspecified atom stereocenters. The molecule has 0 bridgehead atoms. The summed E-state index contributed by atoms with van der Waals surface area (Å²) in [4.78, 5) is 9.82. The van der Waals surface area contributed by atoms with Crippen LogP contribution in [-0.4, -0.2) is 18.9 Å². The molecule has 4 heterocycles. The number of ether oxygens (including phenoxy) is 1. The van der Waals surface area contributed by atoms with Crippen LogP contribution >= 0.6 is 0 Å².